The Labute approximate surface area is 440 Å². The van der Waals surface area contributed by atoms with Gasteiger partial charge in [-0.1, -0.05) is 385 Å². The number of rotatable bonds is 65. The molecule has 0 aromatic heterocycles. The van der Waals surface area contributed by atoms with E-state index in [1.54, 1.807) is 0 Å². The molecule has 4 nitrogen and oxygen atoms in total. The Hall–Kier alpha value is -1.06. The lowest BCUT2D eigenvalue weighted by atomic mass is 10.0. The monoisotopic (exact) mass is 987 g/mol. The maximum absolute atomic E-state index is 10.5. The van der Waals surface area contributed by atoms with Crippen LogP contribution in [0.1, 0.15) is 411 Å². The van der Waals surface area contributed by atoms with E-state index in [1.165, 1.54) is 372 Å². The van der Waals surface area contributed by atoms with Crippen molar-refractivity contribution in [3.8, 4) is 0 Å². The highest BCUT2D eigenvalue weighted by atomic mass is 16.4. The lowest BCUT2D eigenvalue weighted by Gasteiger charge is -2.05. The van der Waals surface area contributed by atoms with Crippen molar-refractivity contribution in [1.82, 2.24) is 0 Å². The third-order valence-electron chi connectivity index (χ3n) is 16.0. The second-order valence-corrected chi connectivity index (χ2v) is 23.2. The Morgan fingerprint density at radius 2 is 0.186 bits per heavy atom. The van der Waals surface area contributed by atoms with Gasteiger partial charge in [-0.2, -0.15) is 0 Å². The van der Waals surface area contributed by atoms with Gasteiger partial charge in [0.05, 0.1) is 0 Å². The van der Waals surface area contributed by atoms with Crippen LogP contribution >= 0.6 is 0 Å². The zero-order chi connectivity index (χ0) is 50.4. The molecule has 0 heterocycles. The number of aliphatic carboxylic acids is 2. The molecule has 0 aromatic carbocycles. The van der Waals surface area contributed by atoms with Crippen LogP contribution in [0.25, 0.3) is 0 Å². The summed E-state index contributed by atoms with van der Waals surface area (Å²) in [6, 6.07) is 0. The molecule has 2 N–H and O–H groups in total. The van der Waals surface area contributed by atoms with Crippen LogP contribution in [0.4, 0.5) is 0 Å². The number of carboxylic acids is 2. The third kappa shape index (κ3) is 66.9. The molecule has 0 aliphatic rings. The molecule has 0 rings (SSSR count). The molecule has 0 spiro atoms. The summed E-state index contributed by atoms with van der Waals surface area (Å²) in [7, 11) is 0. The molecule has 0 aromatic rings. The van der Waals surface area contributed by atoms with Crippen LogP contribution in [0.5, 0.6) is 0 Å². The van der Waals surface area contributed by atoms with Gasteiger partial charge in [0.1, 0.15) is 0 Å². The Kier molecular flexibility index (Phi) is 63.1. The molecule has 0 saturated heterocycles. The summed E-state index contributed by atoms with van der Waals surface area (Å²) >= 11 is 0. The molecule has 0 radical (unpaired) electrons. The fourth-order valence-corrected chi connectivity index (χ4v) is 11.2. The number of carboxylic acid groups (broad SMARTS) is 2. The molecule has 0 atom stereocenters. The summed E-state index contributed by atoms with van der Waals surface area (Å²) in [5.74, 6) is -1.29. The largest absolute Gasteiger partial charge is 0.481 e. The van der Waals surface area contributed by atoms with Gasteiger partial charge in [-0.3, -0.25) is 9.59 Å². The summed E-state index contributed by atoms with van der Waals surface area (Å²) in [6.45, 7) is 0. The molecule has 0 unspecified atom stereocenters. The van der Waals surface area contributed by atoms with Gasteiger partial charge < -0.3 is 10.2 Å². The molecule has 70 heavy (non-hydrogen) atoms. The van der Waals surface area contributed by atoms with Crippen molar-refractivity contribution in [3.63, 3.8) is 0 Å². The molecule has 0 fully saturated rings. The number of unbranched alkanes of at least 4 members (excludes halogenated alkanes) is 61. The van der Waals surface area contributed by atoms with E-state index in [9.17, 15) is 9.59 Å². The van der Waals surface area contributed by atoms with Gasteiger partial charge in [0.25, 0.3) is 0 Å². The van der Waals surface area contributed by atoms with E-state index in [2.05, 4.69) is 0 Å². The Morgan fingerprint density at radius 3 is 0.243 bits per heavy atom. The highest BCUT2D eigenvalue weighted by Crippen LogP contribution is 2.20. The molecule has 0 amide bonds. The Balaban J connectivity index is 3.08. The maximum Gasteiger partial charge on any atom is 0.303 e. The van der Waals surface area contributed by atoms with Gasteiger partial charge in [-0.05, 0) is 12.8 Å². The molecule has 0 aliphatic heterocycles. The van der Waals surface area contributed by atoms with Crippen LogP contribution in [0.2, 0.25) is 0 Å². The maximum atomic E-state index is 10.5. The smallest absolute Gasteiger partial charge is 0.303 e. The van der Waals surface area contributed by atoms with E-state index in [-0.39, 0.29) is 0 Å². The minimum atomic E-state index is -0.647. The fraction of sp³-hybridized carbons (Fsp3) is 0.970. The second-order valence-electron chi connectivity index (χ2n) is 23.2. The second kappa shape index (κ2) is 64.1. The molecular formula is C66H130O4. The Morgan fingerprint density at radius 1 is 0.129 bits per heavy atom. The van der Waals surface area contributed by atoms with Crippen molar-refractivity contribution < 1.29 is 19.8 Å². The van der Waals surface area contributed by atoms with E-state index >= 15 is 0 Å². The first-order valence-electron chi connectivity index (χ1n) is 33.1. The number of carbonyl (C=O) groups is 2. The average Bonchev–Trinajstić information content (AvgIpc) is 3.35. The summed E-state index contributed by atoms with van der Waals surface area (Å²) in [6.07, 6.45) is 88.2. The fourth-order valence-electron chi connectivity index (χ4n) is 11.2. The quantitative estimate of drug-likeness (QED) is 0.0596. The molecule has 0 saturated carbocycles. The highest BCUT2D eigenvalue weighted by molar-refractivity contribution is 5.66. The zero-order valence-electron chi connectivity index (χ0n) is 48.0. The van der Waals surface area contributed by atoms with Crippen LogP contribution in [0.3, 0.4) is 0 Å². The van der Waals surface area contributed by atoms with E-state index in [1.807, 2.05) is 0 Å². The molecule has 4 heteroatoms. The van der Waals surface area contributed by atoms with Crippen LogP contribution in [0, 0.1) is 0 Å². The summed E-state index contributed by atoms with van der Waals surface area (Å²) in [5.41, 5.74) is 0. The minimum absolute atomic E-state index is 0.345. The van der Waals surface area contributed by atoms with E-state index < -0.39 is 11.9 Å². The molecule has 0 aliphatic carbocycles. The summed E-state index contributed by atoms with van der Waals surface area (Å²) < 4.78 is 0. The van der Waals surface area contributed by atoms with Gasteiger partial charge in [0, 0.05) is 12.8 Å². The first-order chi connectivity index (χ1) is 34.6. The molecule has 418 valence electrons. The van der Waals surface area contributed by atoms with Crippen molar-refractivity contribution >= 4 is 11.9 Å². The average molecular weight is 988 g/mol. The lowest BCUT2D eigenvalue weighted by molar-refractivity contribution is -0.138. The Bertz CT molecular complexity index is 888. The topological polar surface area (TPSA) is 74.6 Å². The van der Waals surface area contributed by atoms with E-state index in [4.69, 9.17) is 10.2 Å². The van der Waals surface area contributed by atoms with Crippen LogP contribution < -0.4 is 0 Å². The van der Waals surface area contributed by atoms with Crippen LogP contribution in [0.15, 0.2) is 0 Å². The molecule has 0 bridgehead atoms. The predicted molar refractivity (Wildman–Crippen MR) is 311 cm³/mol. The van der Waals surface area contributed by atoms with Crippen molar-refractivity contribution in [3.05, 3.63) is 0 Å². The summed E-state index contributed by atoms with van der Waals surface area (Å²) in [5, 5.41) is 17.4. The SMILES string of the molecule is O=C(O)CCCCCCCCCCCCCCCCCCCCCCCCCCCCCCCCCCCCCCCCCCCCCCCCCCCCCCCCCCCCCCCCC(=O)O. The van der Waals surface area contributed by atoms with Gasteiger partial charge >= 0.3 is 11.9 Å². The first kappa shape index (κ1) is 68.9. The van der Waals surface area contributed by atoms with Gasteiger partial charge in [-0.15, -0.1) is 0 Å². The van der Waals surface area contributed by atoms with Crippen molar-refractivity contribution in [1.29, 1.82) is 0 Å². The predicted octanol–water partition coefficient (Wildman–Crippen LogP) is 24.1. The van der Waals surface area contributed by atoms with Gasteiger partial charge in [0.2, 0.25) is 0 Å². The first-order valence-corrected chi connectivity index (χ1v) is 33.1. The highest BCUT2D eigenvalue weighted by Gasteiger charge is 2.02. The van der Waals surface area contributed by atoms with Crippen LogP contribution in [-0.2, 0) is 9.59 Å². The van der Waals surface area contributed by atoms with Gasteiger partial charge in [0.15, 0.2) is 0 Å². The number of hydrogen-bond acceptors (Lipinski definition) is 2. The van der Waals surface area contributed by atoms with E-state index in [0.29, 0.717) is 12.8 Å². The van der Waals surface area contributed by atoms with Gasteiger partial charge in [-0.25, -0.2) is 0 Å². The normalized spacial score (nSPS) is 11.6. The molecular weight excluding hydrogens is 857 g/mol. The van der Waals surface area contributed by atoms with E-state index in [0.717, 1.165) is 25.7 Å². The van der Waals surface area contributed by atoms with Crippen molar-refractivity contribution in [2.45, 2.75) is 411 Å². The zero-order valence-corrected chi connectivity index (χ0v) is 48.0. The van der Waals surface area contributed by atoms with Crippen LogP contribution in [-0.4, -0.2) is 22.2 Å². The lowest BCUT2D eigenvalue weighted by Crippen LogP contribution is -1.93. The van der Waals surface area contributed by atoms with Crippen molar-refractivity contribution in [2.75, 3.05) is 0 Å². The van der Waals surface area contributed by atoms with Crippen molar-refractivity contribution in [2.24, 2.45) is 0 Å². The minimum Gasteiger partial charge on any atom is -0.481 e. The number of hydrogen-bond donors (Lipinski definition) is 2. The standard InChI is InChI=1S/C66H130O4/c67-65(68)63-61-59-57-55-53-51-49-47-45-43-41-39-37-35-33-31-29-27-25-23-21-19-17-15-13-11-9-7-5-3-1-2-4-6-8-10-12-14-16-18-20-22-24-26-28-30-32-34-36-38-40-42-44-46-48-50-52-54-56-58-60-62-64-66(69)70/h1-64H2,(H,67,68)(H,69,70). The third-order valence-corrected chi connectivity index (χ3v) is 16.0. The summed E-state index contributed by atoms with van der Waals surface area (Å²) in [4.78, 5) is 21.1.